The van der Waals surface area contributed by atoms with E-state index < -0.39 is 0 Å². The molecule has 90 valence electrons. The molecule has 1 aromatic rings. The van der Waals surface area contributed by atoms with Crippen molar-refractivity contribution in [3.63, 3.8) is 0 Å². The third kappa shape index (κ3) is 1.40. The van der Waals surface area contributed by atoms with Crippen LogP contribution in [0.1, 0.15) is 19.3 Å². The van der Waals surface area contributed by atoms with Crippen molar-refractivity contribution >= 4 is 17.3 Å². The second-order valence-electron chi connectivity index (χ2n) is 5.12. The number of carbonyl (C=O) groups excluding carboxylic acids is 1. The Bertz CT molecular complexity index is 480. The Morgan fingerprint density at radius 1 is 1.41 bits per heavy atom. The van der Waals surface area contributed by atoms with Gasteiger partial charge in [0.25, 0.3) is 0 Å². The highest BCUT2D eigenvalue weighted by molar-refractivity contribution is 6.02. The molecule has 1 spiro atoms. The van der Waals surface area contributed by atoms with Crippen LogP contribution in [0.5, 0.6) is 5.75 Å². The largest absolute Gasteiger partial charge is 0.506 e. The second-order valence-corrected chi connectivity index (χ2v) is 5.12. The maximum Gasteiger partial charge on any atom is 0.232 e. The van der Waals surface area contributed by atoms with Crippen LogP contribution in [0.15, 0.2) is 18.2 Å². The first-order valence-electron chi connectivity index (χ1n) is 5.97. The van der Waals surface area contributed by atoms with Crippen molar-refractivity contribution in [3.8, 4) is 5.75 Å². The van der Waals surface area contributed by atoms with Gasteiger partial charge < -0.3 is 15.3 Å². The third-order valence-corrected chi connectivity index (χ3v) is 4.00. The van der Waals surface area contributed by atoms with Crippen molar-refractivity contribution in [3.05, 3.63) is 18.2 Å². The van der Waals surface area contributed by atoms with Gasteiger partial charge >= 0.3 is 0 Å². The number of nitrogens with one attached hydrogen (secondary N) is 1. The lowest BCUT2D eigenvalue weighted by atomic mass is 9.68. The number of phenolic OH excluding ortho intramolecular Hbond substituents is 1. The van der Waals surface area contributed by atoms with Crippen LogP contribution in [0.3, 0.4) is 0 Å². The van der Waals surface area contributed by atoms with E-state index in [0.717, 1.165) is 31.5 Å². The fourth-order valence-electron chi connectivity index (χ4n) is 2.82. The summed E-state index contributed by atoms with van der Waals surface area (Å²) >= 11 is 0. The molecule has 4 heteroatoms. The van der Waals surface area contributed by atoms with E-state index in [0.29, 0.717) is 5.69 Å². The Balaban J connectivity index is 2.07. The highest BCUT2D eigenvalue weighted by Crippen LogP contribution is 2.47. The van der Waals surface area contributed by atoms with Gasteiger partial charge in [-0.05, 0) is 25.0 Å². The third-order valence-electron chi connectivity index (χ3n) is 4.00. The molecule has 1 aliphatic heterocycles. The van der Waals surface area contributed by atoms with Gasteiger partial charge in [0, 0.05) is 13.6 Å². The van der Waals surface area contributed by atoms with Gasteiger partial charge in [0.1, 0.15) is 11.4 Å². The average molecular weight is 232 g/mol. The molecule has 1 saturated carbocycles. The van der Waals surface area contributed by atoms with Gasteiger partial charge in [-0.2, -0.15) is 0 Å². The average Bonchev–Trinajstić information content (AvgIpc) is 2.36. The molecule has 3 rings (SSSR count). The number of hydrogen-bond donors (Lipinski definition) is 2. The van der Waals surface area contributed by atoms with Crippen LogP contribution >= 0.6 is 0 Å². The van der Waals surface area contributed by atoms with E-state index in [1.807, 2.05) is 13.1 Å². The van der Waals surface area contributed by atoms with Crippen molar-refractivity contribution in [1.29, 1.82) is 0 Å². The van der Waals surface area contributed by atoms with E-state index >= 15 is 0 Å². The molecule has 0 atom stereocenters. The van der Waals surface area contributed by atoms with Gasteiger partial charge in [-0.15, -0.1) is 0 Å². The summed E-state index contributed by atoms with van der Waals surface area (Å²) in [6, 6.07) is 5.33. The van der Waals surface area contributed by atoms with Crippen molar-refractivity contribution in [2.45, 2.75) is 19.3 Å². The lowest BCUT2D eigenvalue weighted by molar-refractivity contribution is -0.129. The molecule has 0 radical (unpaired) electrons. The molecule has 2 N–H and O–H groups in total. The van der Waals surface area contributed by atoms with Crippen LogP contribution in [0.2, 0.25) is 0 Å². The van der Waals surface area contributed by atoms with Gasteiger partial charge in [0.05, 0.1) is 11.1 Å². The smallest absolute Gasteiger partial charge is 0.232 e. The van der Waals surface area contributed by atoms with E-state index in [1.165, 1.54) is 0 Å². The quantitative estimate of drug-likeness (QED) is 0.672. The number of rotatable bonds is 0. The molecule has 1 aliphatic carbocycles. The maximum atomic E-state index is 12.2. The van der Waals surface area contributed by atoms with E-state index in [2.05, 4.69) is 10.2 Å². The van der Waals surface area contributed by atoms with E-state index in [1.54, 1.807) is 12.1 Å². The van der Waals surface area contributed by atoms with Crippen molar-refractivity contribution in [2.24, 2.45) is 5.41 Å². The topological polar surface area (TPSA) is 52.6 Å². The van der Waals surface area contributed by atoms with Crippen LogP contribution < -0.4 is 10.2 Å². The number of anilines is 2. The Hall–Kier alpha value is -1.71. The Labute approximate surface area is 100 Å². The number of hydrogen-bond acceptors (Lipinski definition) is 3. The highest BCUT2D eigenvalue weighted by Gasteiger charge is 2.47. The predicted octanol–water partition coefficient (Wildman–Crippen LogP) is 1.95. The highest BCUT2D eigenvalue weighted by atomic mass is 16.3. The molecular formula is C13H16N2O2. The fraction of sp³-hybridized carbons (Fsp3) is 0.462. The monoisotopic (exact) mass is 232 g/mol. The van der Waals surface area contributed by atoms with Crippen LogP contribution in [0.4, 0.5) is 11.4 Å². The Morgan fingerprint density at radius 3 is 2.82 bits per heavy atom. The Kier molecular flexibility index (Phi) is 2.08. The van der Waals surface area contributed by atoms with E-state index in [4.69, 9.17) is 0 Å². The second kappa shape index (κ2) is 3.39. The van der Waals surface area contributed by atoms with Crippen molar-refractivity contribution in [2.75, 3.05) is 23.8 Å². The number of aromatic hydroxyl groups is 1. The number of phenols is 1. The van der Waals surface area contributed by atoms with Gasteiger partial charge in [0.15, 0.2) is 0 Å². The predicted molar refractivity (Wildman–Crippen MR) is 66.3 cm³/mol. The molecule has 1 aromatic carbocycles. The summed E-state index contributed by atoms with van der Waals surface area (Å²) in [5.74, 6) is 0.190. The fourth-order valence-corrected chi connectivity index (χ4v) is 2.82. The number of benzene rings is 1. The first-order valence-corrected chi connectivity index (χ1v) is 5.97. The summed E-state index contributed by atoms with van der Waals surface area (Å²) in [7, 11) is 1.97. The summed E-state index contributed by atoms with van der Waals surface area (Å²) in [4.78, 5) is 14.3. The minimum atomic E-state index is -0.250. The first-order chi connectivity index (χ1) is 8.12. The number of para-hydroxylation sites is 1. The molecule has 17 heavy (non-hydrogen) atoms. The summed E-state index contributed by atoms with van der Waals surface area (Å²) in [6.45, 7) is 0.731. The SMILES string of the molecule is CN1CC2(CCC2)C(=O)Nc2c(O)cccc21. The zero-order chi connectivity index (χ0) is 12.0. The summed E-state index contributed by atoms with van der Waals surface area (Å²) < 4.78 is 0. The van der Waals surface area contributed by atoms with Gasteiger partial charge in [-0.3, -0.25) is 4.79 Å². The molecule has 0 saturated heterocycles. The van der Waals surface area contributed by atoms with Gasteiger partial charge in [-0.1, -0.05) is 12.5 Å². The van der Waals surface area contributed by atoms with E-state index in [9.17, 15) is 9.90 Å². The molecule has 1 amide bonds. The number of fused-ring (bicyclic) bond motifs is 1. The minimum absolute atomic E-state index is 0.0517. The maximum absolute atomic E-state index is 12.2. The van der Waals surface area contributed by atoms with Gasteiger partial charge in [-0.25, -0.2) is 0 Å². The summed E-state index contributed by atoms with van der Waals surface area (Å²) in [5.41, 5.74) is 1.19. The van der Waals surface area contributed by atoms with Crippen LogP contribution in [0.25, 0.3) is 0 Å². The summed E-state index contributed by atoms with van der Waals surface area (Å²) in [5, 5.41) is 12.7. The van der Waals surface area contributed by atoms with Crippen LogP contribution in [0, 0.1) is 5.41 Å². The van der Waals surface area contributed by atoms with Gasteiger partial charge in [0.2, 0.25) is 5.91 Å². The number of amides is 1. The van der Waals surface area contributed by atoms with Crippen LogP contribution in [-0.2, 0) is 4.79 Å². The lowest BCUT2D eigenvalue weighted by Gasteiger charge is -2.40. The van der Waals surface area contributed by atoms with Crippen molar-refractivity contribution < 1.29 is 9.90 Å². The zero-order valence-corrected chi connectivity index (χ0v) is 9.86. The molecular weight excluding hydrogens is 216 g/mol. The molecule has 1 heterocycles. The normalized spacial score (nSPS) is 21.5. The standard InChI is InChI=1S/C13H16N2O2/c1-15-8-13(6-3-7-13)12(17)14-11-9(15)4-2-5-10(11)16/h2,4-5,16H,3,6-8H2,1H3,(H,14,17). The van der Waals surface area contributed by atoms with Crippen molar-refractivity contribution in [1.82, 2.24) is 0 Å². The van der Waals surface area contributed by atoms with Crippen LogP contribution in [-0.4, -0.2) is 24.6 Å². The summed E-state index contributed by atoms with van der Waals surface area (Å²) in [6.07, 6.45) is 3.00. The molecule has 0 aromatic heterocycles. The number of nitrogens with zero attached hydrogens (tertiary/aromatic N) is 1. The Morgan fingerprint density at radius 2 is 2.18 bits per heavy atom. The minimum Gasteiger partial charge on any atom is -0.506 e. The number of carbonyl (C=O) groups is 1. The lowest BCUT2D eigenvalue weighted by Crippen LogP contribution is -2.47. The molecule has 4 nitrogen and oxygen atoms in total. The molecule has 1 fully saturated rings. The van der Waals surface area contributed by atoms with E-state index in [-0.39, 0.29) is 17.1 Å². The molecule has 0 bridgehead atoms. The molecule has 2 aliphatic rings. The molecule has 0 unspecified atom stereocenters. The zero-order valence-electron chi connectivity index (χ0n) is 9.86. The first kappa shape index (κ1) is 10.4.